The average molecular weight is 252 g/mol. The molecule has 96 valence electrons. The second-order valence-corrected chi connectivity index (χ2v) is 5.00. The maximum atomic E-state index is 11.6. The van der Waals surface area contributed by atoms with Gasteiger partial charge >= 0.3 is 16.4 Å². The minimum absolute atomic E-state index is 0.353. The van der Waals surface area contributed by atoms with Crippen LogP contribution in [0.5, 0.6) is 0 Å². The number of carbonyl (C=O) groups excluding carboxylic acids is 1. The van der Waals surface area contributed by atoms with Gasteiger partial charge in [-0.2, -0.15) is 12.7 Å². The molecule has 7 heteroatoms. The Morgan fingerprint density at radius 1 is 1.19 bits per heavy atom. The topological polar surface area (TPSA) is 89.7 Å². The predicted octanol–water partition coefficient (Wildman–Crippen LogP) is 1.23. The van der Waals surface area contributed by atoms with Crippen molar-refractivity contribution in [3.8, 4) is 0 Å². The molecule has 0 fully saturated rings. The SMILES string of the molecule is CCCCN(CCCC)S(=O)(=O)OC(N)=O. The van der Waals surface area contributed by atoms with Crippen LogP contribution < -0.4 is 5.73 Å². The van der Waals surface area contributed by atoms with Gasteiger partial charge in [-0.15, -0.1) is 0 Å². The Hall–Kier alpha value is -0.820. The summed E-state index contributed by atoms with van der Waals surface area (Å²) in [6.45, 7) is 4.62. The smallest absolute Gasteiger partial charge is 0.334 e. The fraction of sp³-hybridized carbons (Fsp3) is 0.889. The van der Waals surface area contributed by atoms with Crippen LogP contribution in [-0.2, 0) is 14.5 Å². The van der Waals surface area contributed by atoms with E-state index in [2.05, 4.69) is 4.18 Å². The van der Waals surface area contributed by atoms with E-state index in [0.29, 0.717) is 13.1 Å². The Kier molecular flexibility index (Phi) is 7.07. The molecule has 0 aliphatic heterocycles. The van der Waals surface area contributed by atoms with Crippen LogP contribution in [0.3, 0.4) is 0 Å². The summed E-state index contributed by atoms with van der Waals surface area (Å²) in [6, 6.07) is 0. The molecule has 16 heavy (non-hydrogen) atoms. The molecule has 0 rings (SSSR count). The molecule has 2 N–H and O–H groups in total. The van der Waals surface area contributed by atoms with Crippen LogP contribution in [0.2, 0.25) is 0 Å². The summed E-state index contributed by atoms with van der Waals surface area (Å²) in [7, 11) is -4.01. The third-order valence-corrected chi connectivity index (χ3v) is 3.40. The highest BCUT2D eigenvalue weighted by Crippen LogP contribution is 2.07. The van der Waals surface area contributed by atoms with E-state index in [0.717, 1.165) is 30.0 Å². The Labute approximate surface area is 97.0 Å². The van der Waals surface area contributed by atoms with Crippen LogP contribution in [0.25, 0.3) is 0 Å². The lowest BCUT2D eigenvalue weighted by molar-refractivity contribution is 0.205. The number of primary amides is 1. The standard InChI is InChI=1S/C9H20N2O4S/c1-3-5-7-11(8-6-4-2)16(13,14)15-9(10)12/h3-8H2,1-2H3,(H2,10,12). The van der Waals surface area contributed by atoms with Gasteiger partial charge in [0.2, 0.25) is 0 Å². The first-order chi connectivity index (χ1) is 7.44. The molecule has 0 aliphatic carbocycles. The third-order valence-electron chi connectivity index (χ3n) is 2.03. The number of rotatable bonds is 8. The molecule has 1 amide bonds. The minimum Gasteiger partial charge on any atom is -0.334 e. The summed E-state index contributed by atoms with van der Waals surface area (Å²) >= 11 is 0. The highest BCUT2D eigenvalue weighted by molar-refractivity contribution is 7.84. The molecule has 0 unspecified atom stereocenters. The van der Waals surface area contributed by atoms with Gasteiger partial charge in [-0.1, -0.05) is 26.7 Å². The van der Waals surface area contributed by atoms with E-state index in [1.54, 1.807) is 0 Å². The van der Waals surface area contributed by atoms with E-state index in [1.807, 2.05) is 13.8 Å². The molecule has 0 aliphatic rings. The first-order valence-corrected chi connectivity index (χ1v) is 6.79. The molecule has 0 saturated heterocycles. The van der Waals surface area contributed by atoms with Crippen molar-refractivity contribution in [2.75, 3.05) is 13.1 Å². The Morgan fingerprint density at radius 3 is 1.94 bits per heavy atom. The summed E-state index contributed by atoms with van der Waals surface area (Å²) in [4.78, 5) is 10.5. The molecule has 0 bridgehead atoms. The van der Waals surface area contributed by atoms with Crippen molar-refractivity contribution < 1.29 is 17.4 Å². The van der Waals surface area contributed by atoms with Crippen LogP contribution in [-0.4, -0.2) is 31.9 Å². The van der Waals surface area contributed by atoms with Gasteiger partial charge in [-0.25, -0.2) is 4.79 Å². The van der Waals surface area contributed by atoms with Crippen molar-refractivity contribution in [2.24, 2.45) is 5.73 Å². The van der Waals surface area contributed by atoms with E-state index in [4.69, 9.17) is 5.73 Å². The minimum atomic E-state index is -4.01. The molecule has 0 atom stereocenters. The van der Waals surface area contributed by atoms with Crippen LogP contribution in [0, 0.1) is 0 Å². The van der Waals surface area contributed by atoms with Crippen LogP contribution in [0.1, 0.15) is 39.5 Å². The Morgan fingerprint density at radius 2 is 1.62 bits per heavy atom. The summed E-state index contributed by atoms with van der Waals surface area (Å²) in [5.41, 5.74) is 4.71. The van der Waals surface area contributed by atoms with E-state index >= 15 is 0 Å². The van der Waals surface area contributed by atoms with Gasteiger partial charge < -0.3 is 9.92 Å². The number of hydrogen-bond donors (Lipinski definition) is 1. The summed E-state index contributed by atoms with van der Waals surface area (Å²) in [5.74, 6) is 0. The molecule has 6 nitrogen and oxygen atoms in total. The average Bonchev–Trinajstić information content (AvgIpc) is 2.15. The zero-order chi connectivity index (χ0) is 12.6. The van der Waals surface area contributed by atoms with Crippen molar-refractivity contribution in [2.45, 2.75) is 39.5 Å². The van der Waals surface area contributed by atoms with E-state index < -0.39 is 16.4 Å². The summed E-state index contributed by atoms with van der Waals surface area (Å²) in [5, 5.41) is 0. The predicted molar refractivity (Wildman–Crippen MR) is 61.0 cm³/mol. The number of carbonyl (C=O) groups is 1. The van der Waals surface area contributed by atoms with Gasteiger partial charge in [0.25, 0.3) is 0 Å². The lowest BCUT2D eigenvalue weighted by Gasteiger charge is -2.19. The number of unbranched alkanes of at least 4 members (excludes halogenated alkanes) is 2. The molecule has 0 aromatic heterocycles. The van der Waals surface area contributed by atoms with Gasteiger partial charge in [0.05, 0.1) is 0 Å². The van der Waals surface area contributed by atoms with Crippen molar-refractivity contribution in [1.29, 1.82) is 0 Å². The summed E-state index contributed by atoms with van der Waals surface area (Å²) in [6.07, 6.45) is 1.90. The highest BCUT2D eigenvalue weighted by atomic mass is 32.2. The molecule has 0 spiro atoms. The molecular formula is C9H20N2O4S. The van der Waals surface area contributed by atoms with Gasteiger partial charge in [0.15, 0.2) is 0 Å². The first-order valence-electron chi connectivity index (χ1n) is 5.43. The Balaban J connectivity index is 4.51. The lowest BCUT2D eigenvalue weighted by atomic mass is 10.3. The van der Waals surface area contributed by atoms with Gasteiger partial charge in [-0.05, 0) is 12.8 Å². The monoisotopic (exact) mass is 252 g/mol. The third kappa shape index (κ3) is 5.92. The number of hydrogen-bond acceptors (Lipinski definition) is 4. The maximum Gasteiger partial charge on any atom is 0.421 e. The summed E-state index contributed by atoms with van der Waals surface area (Å²) < 4.78 is 28.4. The van der Waals surface area contributed by atoms with E-state index in [-0.39, 0.29) is 0 Å². The largest absolute Gasteiger partial charge is 0.421 e. The second-order valence-electron chi connectivity index (χ2n) is 3.47. The highest BCUT2D eigenvalue weighted by Gasteiger charge is 2.24. The van der Waals surface area contributed by atoms with E-state index in [1.165, 1.54) is 0 Å². The van der Waals surface area contributed by atoms with Crippen molar-refractivity contribution in [1.82, 2.24) is 4.31 Å². The lowest BCUT2D eigenvalue weighted by Crippen LogP contribution is -2.36. The van der Waals surface area contributed by atoms with Crippen LogP contribution >= 0.6 is 0 Å². The molecule has 0 radical (unpaired) electrons. The van der Waals surface area contributed by atoms with Crippen LogP contribution in [0.15, 0.2) is 0 Å². The number of nitrogens with two attached hydrogens (primary N) is 1. The Bertz CT molecular complexity index is 295. The molecule has 0 heterocycles. The zero-order valence-corrected chi connectivity index (χ0v) is 10.6. The van der Waals surface area contributed by atoms with Gasteiger partial charge in [0, 0.05) is 13.1 Å². The van der Waals surface area contributed by atoms with Gasteiger partial charge in [0.1, 0.15) is 0 Å². The number of nitrogens with zero attached hydrogens (tertiary/aromatic N) is 1. The van der Waals surface area contributed by atoms with Gasteiger partial charge in [-0.3, -0.25) is 0 Å². The van der Waals surface area contributed by atoms with Crippen molar-refractivity contribution >= 4 is 16.4 Å². The zero-order valence-electron chi connectivity index (χ0n) is 9.81. The quantitative estimate of drug-likeness (QED) is 0.703. The van der Waals surface area contributed by atoms with E-state index in [9.17, 15) is 13.2 Å². The normalized spacial score (nSPS) is 11.7. The maximum absolute atomic E-state index is 11.6. The van der Waals surface area contributed by atoms with Crippen LogP contribution in [0.4, 0.5) is 4.79 Å². The van der Waals surface area contributed by atoms with Crippen molar-refractivity contribution in [3.05, 3.63) is 0 Å². The number of amides is 1. The second kappa shape index (κ2) is 7.45. The first kappa shape index (κ1) is 15.2. The molecule has 0 aromatic rings. The fourth-order valence-electron chi connectivity index (χ4n) is 1.16. The fourth-order valence-corrected chi connectivity index (χ4v) is 2.18. The van der Waals surface area contributed by atoms with Crippen molar-refractivity contribution in [3.63, 3.8) is 0 Å². The molecule has 0 aromatic carbocycles. The molecular weight excluding hydrogens is 232 g/mol. The molecule has 0 saturated carbocycles.